The SMILES string of the molecule is C=C(C)C(=O)OC(CCO)CC1CCC(C2CCC(c3ccc4cc(CCCCC)ccc4c3)CC2)CC1. The Labute approximate surface area is 231 Å². The second-order valence-electron chi connectivity index (χ2n) is 12.3. The van der Waals surface area contributed by atoms with E-state index in [1.807, 2.05) is 0 Å². The lowest BCUT2D eigenvalue weighted by molar-refractivity contribution is -0.146. The molecule has 3 nitrogen and oxygen atoms in total. The highest BCUT2D eigenvalue weighted by Crippen LogP contribution is 2.45. The Morgan fingerprint density at radius 1 is 0.947 bits per heavy atom. The van der Waals surface area contributed by atoms with Gasteiger partial charge in [-0.05, 0) is 110 Å². The van der Waals surface area contributed by atoms with E-state index >= 15 is 0 Å². The van der Waals surface area contributed by atoms with E-state index in [1.54, 1.807) is 6.92 Å². The number of unbranched alkanes of at least 4 members (excludes halogenated alkanes) is 2. The fraction of sp³-hybridized carbons (Fsp3) is 0.629. The summed E-state index contributed by atoms with van der Waals surface area (Å²) in [5.74, 6) is 2.70. The monoisotopic (exact) mass is 518 g/mol. The highest BCUT2D eigenvalue weighted by molar-refractivity contribution is 5.87. The van der Waals surface area contributed by atoms with Crippen LogP contribution < -0.4 is 0 Å². The van der Waals surface area contributed by atoms with Crippen LogP contribution in [0.15, 0.2) is 48.6 Å². The fourth-order valence-corrected chi connectivity index (χ4v) is 7.11. The average molecular weight is 519 g/mol. The summed E-state index contributed by atoms with van der Waals surface area (Å²) in [6, 6.07) is 14.3. The highest BCUT2D eigenvalue weighted by atomic mass is 16.5. The number of fused-ring (bicyclic) bond motifs is 1. The Bertz CT molecular complexity index is 1040. The van der Waals surface area contributed by atoms with Crippen LogP contribution >= 0.6 is 0 Å². The summed E-state index contributed by atoms with van der Waals surface area (Å²) in [6.45, 7) is 7.70. The van der Waals surface area contributed by atoms with Crippen molar-refractivity contribution >= 4 is 16.7 Å². The quantitative estimate of drug-likeness (QED) is 0.173. The number of aryl methyl sites for hydroxylation is 1. The molecule has 1 unspecified atom stereocenters. The molecule has 2 aromatic carbocycles. The van der Waals surface area contributed by atoms with Gasteiger partial charge in [0.2, 0.25) is 0 Å². The number of ether oxygens (including phenoxy) is 1. The van der Waals surface area contributed by atoms with Crippen LogP contribution in [-0.2, 0) is 16.0 Å². The van der Waals surface area contributed by atoms with Crippen LogP contribution in [0.25, 0.3) is 10.8 Å². The standard InChI is InChI=1S/C35H50O3/c1-4-5-6-7-26-10-13-33-24-32(19-18-31(33)22-26)30-16-14-29(15-17-30)28-11-8-27(9-12-28)23-34(20-21-36)38-35(37)25(2)3/h10,13,18-19,22,24,27-30,34,36H,2,4-9,11-12,14-17,20-21,23H2,1,3H3. The molecule has 4 rings (SSSR count). The number of carbonyl (C=O) groups is 1. The van der Waals surface area contributed by atoms with Gasteiger partial charge in [-0.2, -0.15) is 0 Å². The fourth-order valence-electron chi connectivity index (χ4n) is 7.11. The maximum Gasteiger partial charge on any atom is 0.333 e. The van der Waals surface area contributed by atoms with Crippen LogP contribution in [0, 0.1) is 17.8 Å². The molecule has 0 aliphatic heterocycles. The van der Waals surface area contributed by atoms with Gasteiger partial charge in [-0.1, -0.05) is 75.6 Å². The van der Waals surface area contributed by atoms with Crippen molar-refractivity contribution in [3.05, 3.63) is 59.7 Å². The first-order valence-corrected chi connectivity index (χ1v) is 15.5. The molecule has 1 atom stereocenters. The van der Waals surface area contributed by atoms with E-state index in [-0.39, 0.29) is 18.7 Å². The molecule has 0 aromatic heterocycles. The summed E-state index contributed by atoms with van der Waals surface area (Å²) in [4.78, 5) is 12.0. The molecule has 0 bridgehead atoms. The summed E-state index contributed by atoms with van der Waals surface area (Å²) in [5, 5.41) is 12.2. The topological polar surface area (TPSA) is 46.5 Å². The first-order chi connectivity index (χ1) is 18.5. The van der Waals surface area contributed by atoms with E-state index < -0.39 is 0 Å². The first kappa shape index (κ1) is 28.9. The molecule has 38 heavy (non-hydrogen) atoms. The maximum atomic E-state index is 12.0. The van der Waals surface area contributed by atoms with Gasteiger partial charge in [0.05, 0.1) is 0 Å². The summed E-state index contributed by atoms with van der Waals surface area (Å²) in [5.41, 5.74) is 3.45. The highest BCUT2D eigenvalue weighted by Gasteiger charge is 2.32. The summed E-state index contributed by atoms with van der Waals surface area (Å²) in [7, 11) is 0. The molecule has 0 saturated heterocycles. The van der Waals surface area contributed by atoms with Gasteiger partial charge in [0.1, 0.15) is 6.10 Å². The van der Waals surface area contributed by atoms with Gasteiger partial charge in [0, 0.05) is 18.6 Å². The van der Waals surface area contributed by atoms with Crippen molar-refractivity contribution in [3.63, 3.8) is 0 Å². The minimum atomic E-state index is -0.326. The predicted molar refractivity (Wildman–Crippen MR) is 158 cm³/mol. The van der Waals surface area contributed by atoms with Crippen LogP contribution in [0.1, 0.15) is 114 Å². The van der Waals surface area contributed by atoms with Gasteiger partial charge in [-0.15, -0.1) is 0 Å². The second kappa shape index (κ2) is 14.3. The van der Waals surface area contributed by atoms with Crippen LogP contribution in [0.5, 0.6) is 0 Å². The first-order valence-electron chi connectivity index (χ1n) is 15.5. The van der Waals surface area contributed by atoms with Crippen molar-refractivity contribution in [3.8, 4) is 0 Å². The van der Waals surface area contributed by atoms with Crippen LogP contribution in [-0.4, -0.2) is 23.8 Å². The largest absolute Gasteiger partial charge is 0.459 e. The molecule has 3 heteroatoms. The van der Waals surface area contributed by atoms with Crippen LogP contribution in [0.2, 0.25) is 0 Å². The lowest BCUT2D eigenvalue weighted by Gasteiger charge is -2.38. The molecule has 208 valence electrons. The maximum absolute atomic E-state index is 12.0. The van der Waals surface area contributed by atoms with Gasteiger partial charge >= 0.3 is 5.97 Å². The van der Waals surface area contributed by atoms with Crippen molar-refractivity contribution in [1.82, 2.24) is 0 Å². The Hall–Kier alpha value is -2.13. The zero-order valence-electron chi connectivity index (χ0n) is 23.9. The van der Waals surface area contributed by atoms with Crippen molar-refractivity contribution in [2.24, 2.45) is 17.8 Å². The second-order valence-corrected chi connectivity index (χ2v) is 12.3. The number of aliphatic hydroxyl groups is 1. The van der Waals surface area contributed by atoms with E-state index in [9.17, 15) is 9.90 Å². The number of esters is 1. The Kier molecular flexibility index (Phi) is 10.9. The summed E-state index contributed by atoms with van der Waals surface area (Å²) >= 11 is 0. The van der Waals surface area contributed by atoms with Gasteiger partial charge in [0.15, 0.2) is 0 Å². The Morgan fingerprint density at radius 2 is 1.61 bits per heavy atom. The van der Waals surface area contributed by atoms with Gasteiger partial charge in [-0.25, -0.2) is 4.79 Å². The molecule has 0 spiro atoms. The molecule has 2 fully saturated rings. The smallest absolute Gasteiger partial charge is 0.333 e. The Balaban J connectivity index is 1.24. The van der Waals surface area contributed by atoms with Gasteiger partial charge in [0.25, 0.3) is 0 Å². The van der Waals surface area contributed by atoms with Crippen molar-refractivity contribution < 1.29 is 14.6 Å². The average Bonchev–Trinajstić information content (AvgIpc) is 2.93. The third-order valence-electron chi connectivity index (χ3n) is 9.47. The zero-order valence-corrected chi connectivity index (χ0v) is 23.9. The predicted octanol–water partition coefficient (Wildman–Crippen LogP) is 8.91. The molecule has 0 amide bonds. The molecule has 0 radical (unpaired) electrons. The molecular formula is C35H50O3. The minimum absolute atomic E-state index is 0.0595. The zero-order chi connectivity index (χ0) is 26.9. The van der Waals surface area contributed by atoms with E-state index in [1.165, 1.54) is 98.9 Å². The van der Waals surface area contributed by atoms with E-state index in [0.717, 1.165) is 18.3 Å². The number of hydrogen-bond acceptors (Lipinski definition) is 3. The van der Waals surface area contributed by atoms with Crippen molar-refractivity contribution in [2.45, 2.75) is 116 Å². The van der Waals surface area contributed by atoms with Crippen LogP contribution in [0.4, 0.5) is 0 Å². The van der Waals surface area contributed by atoms with Crippen molar-refractivity contribution in [1.29, 1.82) is 0 Å². The molecule has 2 saturated carbocycles. The molecular weight excluding hydrogens is 468 g/mol. The normalized spacial score (nSPS) is 24.7. The number of aliphatic hydroxyl groups excluding tert-OH is 1. The number of hydrogen-bond donors (Lipinski definition) is 1. The van der Waals surface area contributed by atoms with Gasteiger partial charge in [-0.3, -0.25) is 0 Å². The lowest BCUT2D eigenvalue weighted by atomic mass is 9.67. The number of benzene rings is 2. The lowest BCUT2D eigenvalue weighted by Crippen LogP contribution is -2.28. The molecule has 2 aliphatic rings. The third kappa shape index (κ3) is 7.94. The summed E-state index contributed by atoms with van der Waals surface area (Å²) in [6.07, 6.45) is 16.7. The molecule has 1 N–H and O–H groups in total. The number of rotatable bonds is 12. The molecule has 0 heterocycles. The summed E-state index contributed by atoms with van der Waals surface area (Å²) < 4.78 is 5.61. The van der Waals surface area contributed by atoms with Crippen LogP contribution in [0.3, 0.4) is 0 Å². The van der Waals surface area contributed by atoms with Crippen molar-refractivity contribution in [2.75, 3.05) is 6.61 Å². The third-order valence-corrected chi connectivity index (χ3v) is 9.47. The van der Waals surface area contributed by atoms with Gasteiger partial charge < -0.3 is 9.84 Å². The Morgan fingerprint density at radius 3 is 2.26 bits per heavy atom. The minimum Gasteiger partial charge on any atom is -0.459 e. The van der Waals surface area contributed by atoms with E-state index in [4.69, 9.17) is 4.74 Å². The van der Waals surface area contributed by atoms with E-state index in [0.29, 0.717) is 23.8 Å². The van der Waals surface area contributed by atoms with E-state index in [2.05, 4.69) is 49.9 Å². The number of carbonyl (C=O) groups excluding carboxylic acids is 1. The molecule has 2 aromatic rings. The molecule has 2 aliphatic carbocycles.